The third-order valence-electron chi connectivity index (χ3n) is 4.23. The van der Waals surface area contributed by atoms with E-state index in [4.69, 9.17) is 0 Å². The molecular formula is C17H26N2O2S. The zero-order valence-electron chi connectivity index (χ0n) is 13.5. The van der Waals surface area contributed by atoms with Gasteiger partial charge >= 0.3 is 6.03 Å². The van der Waals surface area contributed by atoms with Gasteiger partial charge in [-0.2, -0.15) is 0 Å². The number of carbonyl (C=O) groups excluding carboxylic acids is 1. The minimum Gasteiger partial charge on any atom is -0.328 e. The lowest BCUT2D eigenvalue weighted by molar-refractivity contribution is 0.224. The summed E-state index contributed by atoms with van der Waals surface area (Å²) in [6.07, 6.45) is 5.86. The summed E-state index contributed by atoms with van der Waals surface area (Å²) < 4.78 is 12.5. The highest BCUT2D eigenvalue weighted by molar-refractivity contribution is 7.84. The van der Waals surface area contributed by atoms with Crippen LogP contribution in [0.2, 0.25) is 0 Å². The van der Waals surface area contributed by atoms with Gasteiger partial charge in [0.25, 0.3) is 0 Å². The molecule has 2 rings (SSSR count). The zero-order valence-corrected chi connectivity index (χ0v) is 14.3. The smallest absolute Gasteiger partial charge is 0.321 e. The first kappa shape index (κ1) is 17.0. The first-order valence-electron chi connectivity index (χ1n) is 8.08. The maximum absolute atomic E-state index is 12.5. The van der Waals surface area contributed by atoms with E-state index < -0.39 is 10.8 Å². The largest absolute Gasteiger partial charge is 0.328 e. The molecule has 0 saturated heterocycles. The number of benzene rings is 1. The number of hydrogen-bond acceptors (Lipinski definition) is 2. The topological polar surface area (TPSA) is 49.4 Å². The van der Waals surface area contributed by atoms with Crippen molar-refractivity contribution in [3.8, 4) is 0 Å². The van der Waals surface area contributed by atoms with Gasteiger partial charge in [-0.25, -0.2) is 4.79 Å². The number of urea groups is 1. The van der Waals surface area contributed by atoms with Crippen LogP contribution in [0.3, 0.4) is 0 Å². The summed E-state index contributed by atoms with van der Waals surface area (Å²) in [4.78, 5) is 13.5. The van der Waals surface area contributed by atoms with Gasteiger partial charge in [0.2, 0.25) is 0 Å². The maximum atomic E-state index is 12.5. The van der Waals surface area contributed by atoms with Crippen molar-refractivity contribution >= 4 is 22.5 Å². The summed E-state index contributed by atoms with van der Waals surface area (Å²) in [7, 11) is 0.949. The second kappa shape index (κ2) is 8.32. The molecule has 122 valence electrons. The Morgan fingerprint density at radius 2 is 2.05 bits per heavy atom. The standard InChI is InChI=1S/C17H26N2O2S/c1-3-19(2)17(20)18-15-9-7-8-14(12-15)13-22(21)16-10-5-4-6-11-16/h7-9,12,16H,3-6,10-11,13H2,1-2H3,(H,18,20)/t22-/m1/s1. The lowest BCUT2D eigenvalue weighted by Gasteiger charge is -2.21. The van der Waals surface area contributed by atoms with Crippen LogP contribution in [-0.4, -0.2) is 34.0 Å². The van der Waals surface area contributed by atoms with Crippen LogP contribution in [0.5, 0.6) is 0 Å². The number of rotatable bonds is 5. The predicted octanol–water partition coefficient (Wildman–Crippen LogP) is 3.75. The molecule has 22 heavy (non-hydrogen) atoms. The van der Waals surface area contributed by atoms with Gasteiger partial charge in [-0.3, -0.25) is 4.21 Å². The highest BCUT2D eigenvalue weighted by Crippen LogP contribution is 2.24. The van der Waals surface area contributed by atoms with E-state index in [1.807, 2.05) is 31.2 Å². The Hall–Kier alpha value is -1.36. The van der Waals surface area contributed by atoms with Crippen molar-refractivity contribution in [2.45, 2.75) is 50.0 Å². The number of hydrogen-bond donors (Lipinski definition) is 1. The van der Waals surface area contributed by atoms with Crippen LogP contribution >= 0.6 is 0 Å². The van der Waals surface area contributed by atoms with Crippen molar-refractivity contribution in [3.63, 3.8) is 0 Å². The van der Waals surface area contributed by atoms with Crippen molar-refractivity contribution in [1.82, 2.24) is 4.90 Å². The van der Waals surface area contributed by atoms with E-state index in [-0.39, 0.29) is 6.03 Å². The van der Waals surface area contributed by atoms with Crippen LogP contribution in [0.15, 0.2) is 24.3 Å². The van der Waals surface area contributed by atoms with Gasteiger partial charge in [0.15, 0.2) is 0 Å². The van der Waals surface area contributed by atoms with Gasteiger partial charge in [-0.15, -0.1) is 0 Å². The highest BCUT2D eigenvalue weighted by atomic mass is 32.2. The van der Waals surface area contributed by atoms with Gasteiger partial charge < -0.3 is 10.2 Å². The number of carbonyl (C=O) groups is 1. The Morgan fingerprint density at radius 1 is 1.32 bits per heavy atom. The molecule has 1 atom stereocenters. The fourth-order valence-electron chi connectivity index (χ4n) is 2.71. The van der Waals surface area contributed by atoms with E-state index >= 15 is 0 Å². The maximum Gasteiger partial charge on any atom is 0.321 e. The molecule has 1 N–H and O–H groups in total. The fraction of sp³-hybridized carbons (Fsp3) is 0.588. The molecule has 5 heteroatoms. The van der Waals surface area contributed by atoms with Crippen LogP contribution in [0.25, 0.3) is 0 Å². The molecule has 0 bridgehead atoms. The van der Waals surface area contributed by atoms with Gasteiger partial charge in [0, 0.05) is 41.1 Å². The summed E-state index contributed by atoms with van der Waals surface area (Å²) in [5, 5.41) is 3.22. The number of nitrogens with one attached hydrogen (secondary N) is 1. The minimum atomic E-state index is -0.812. The minimum absolute atomic E-state index is 0.118. The molecule has 1 aromatic carbocycles. The average Bonchev–Trinajstić information content (AvgIpc) is 2.55. The summed E-state index contributed by atoms with van der Waals surface area (Å²) in [5.41, 5.74) is 1.80. The average molecular weight is 322 g/mol. The van der Waals surface area contributed by atoms with Crippen molar-refractivity contribution in [3.05, 3.63) is 29.8 Å². The van der Waals surface area contributed by atoms with E-state index in [1.165, 1.54) is 19.3 Å². The van der Waals surface area contributed by atoms with E-state index in [0.717, 1.165) is 24.1 Å². The van der Waals surface area contributed by atoms with Crippen LogP contribution in [0, 0.1) is 0 Å². The molecule has 1 aliphatic rings. The molecule has 0 unspecified atom stereocenters. The third-order valence-corrected chi connectivity index (χ3v) is 6.07. The molecule has 4 nitrogen and oxygen atoms in total. The molecule has 0 spiro atoms. The zero-order chi connectivity index (χ0) is 15.9. The molecule has 0 heterocycles. The lowest BCUT2D eigenvalue weighted by atomic mass is 10.0. The lowest BCUT2D eigenvalue weighted by Crippen LogP contribution is -2.30. The first-order valence-corrected chi connectivity index (χ1v) is 9.46. The fourth-order valence-corrected chi connectivity index (χ4v) is 4.31. The molecular weight excluding hydrogens is 296 g/mol. The first-order chi connectivity index (χ1) is 10.6. The predicted molar refractivity (Wildman–Crippen MR) is 92.5 cm³/mol. The monoisotopic (exact) mass is 322 g/mol. The molecule has 1 fully saturated rings. The second-order valence-corrected chi connectivity index (χ2v) is 7.65. The Bertz CT molecular complexity index is 527. The Labute approximate surface area is 135 Å². The van der Waals surface area contributed by atoms with E-state index in [2.05, 4.69) is 5.32 Å². The molecule has 0 radical (unpaired) electrons. The van der Waals surface area contributed by atoms with Crippen LogP contribution < -0.4 is 5.32 Å². The summed E-state index contributed by atoms with van der Waals surface area (Å²) >= 11 is 0. The van der Waals surface area contributed by atoms with E-state index in [9.17, 15) is 9.00 Å². The molecule has 1 aliphatic carbocycles. The Morgan fingerprint density at radius 3 is 2.73 bits per heavy atom. The van der Waals surface area contributed by atoms with Crippen molar-refractivity contribution < 1.29 is 9.00 Å². The summed E-state index contributed by atoms with van der Waals surface area (Å²) in [6, 6.07) is 7.58. The number of amides is 2. The van der Waals surface area contributed by atoms with E-state index in [1.54, 1.807) is 11.9 Å². The summed E-state index contributed by atoms with van der Waals surface area (Å²) in [6.45, 7) is 2.60. The summed E-state index contributed by atoms with van der Waals surface area (Å²) in [5.74, 6) is 0.581. The van der Waals surface area contributed by atoms with Gasteiger partial charge in [0.05, 0.1) is 0 Å². The molecule has 0 aromatic heterocycles. The van der Waals surface area contributed by atoms with Crippen LogP contribution in [-0.2, 0) is 16.6 Å². The normalized spacial score (nSPS) is 17.0. The number of anilines is 1. The van der Waals surface area contributed by atoms with Crippen molar-refractivity contribution in [2.75, 3.05) is 18.9 Å². The molecule has 1 saturated carbocycles. The van der Waals surface area contributed by atoms with Gasteiger partial charge in [-0.05, 0) is 37.5 Å². The van der Waals surface area contributed by atoms with Gasteiger partial charge in [-0.1, -0.05) is 31.4 Å². The van der Waals surface area contributed by atoms with Crippen LogP contribution in [0.1, 0.15) is 44.6 Å². The number of nitrogens with zero attached hydrogens (tertiary/aromatic N) is 1. The molecule has 2 amide bonds. The van der Waals surface area contributed by atoms with Gasteiger partial charge in [0.1, 0.15) is 0 Å². The van der Waals surface area contributed by atoms with Crippen molar-refractivity contribution in [1.29, 1.82) is 0 Å². The highest BCUT2D eigenvalue weighted by Gasteiger charge is 2.20. The third kappa shape index (κ3) is 4.83. The second-order valence-electron chi connectivity index (χ2n) is 5.93. The Kier molecular flexibility index (Phi) is 6.43. The molecule has 1 aromatic rings. The van der Waals surface area contributed by atoms with Crippen LogP contribution in [0.4, 0.5) is 10.5 Å². The van der Waals surface area contributed by atoms with Crippen molar-refractivity contribution in [2.24, 2.45) is 0 Å². The Balaban J connectivity index is 1.96. The van der Waals surface area contributed by atoms with E-state index in [0.29, 0.717) is 17.5 Å². The SMILES string of the molecule is CCN(C)C(=O)Nc1cccc(C[S@@](=O)C2CCCCC2)c1. The molecule has 0 aliphatic heterocycles. The quantitative estimate of drug-likeness (QED) is 0.897.